The Bertz CT molecular complexity index is 388. The van der Waals surface area contributed by atoms with Gasteiger partial charge in [0.1, 0.15) is 0 Å². The van der Waals surface area contributed by atoms with Crippen molar-refractivity contribution in [1.82, 2.24) is 14.9 Å². The van der Waals surface area contributed by atoms with Crippen LogP contribution < -0.4 is 10.0 Å². The van der Waals surface area contributed by atoms with Crippen molar-refractivity contribution in [2.75, 3.05) is 31.9 Å². The molecule has 0 spiro atoms. The smallest absolute Gasteiger partial charge is 0.211 e. The van der Waals surface area contributed by atoms with Gasteiger partial charge in [0.2, 0.25) is 10.0 Å². The maximum absolute atomic E-state index is 12.2. The van der Waals surface area contributed by atoms with Crippen LogP contribution in [-0.2, 0) is 10.0 Å². The van der Waals surface area contributed by atoms with Crippen LogP contribution in [0.5, 0.6) is 0 Å². The van der Waals surface area contributed by atoms with E-state index in [9.17, 15) is 8.42 Å². The maximum Gasteiger partial charge on any atom is 0.211 e. The van der Waals surface area contributed by atoms with E-state index in [0.717, 1.165) is 39.0 Å². The van der Waals surface area contributed by atoms with Gasteiger partial charge in [0.25, 0.3) is 0 Å². The number of likely N-dealkylation sites (tertiary alicyclic amines) is 1. The van der Waals surface area contributed by atoms with E-state index in [1.807, 2.05) is 6.92 Å². The van der Waals surface area contributed by atoms with Crippen LogP contribution >= 0.6 is 0 Å². The molecule has 2 aliphatic rings. The topological polar surface area (TPSA) is 61.4 Å². The first-order valence-corrected chi connectivity index (χ1v) is 10.2. The van der Waals surface area contributed by atoms with Crippen molar-refractivity contribution in [3.63, 3.8) is 0 Å². The molecule has 2 aliphatic heterocycles. The molecule has 0 aromatic heterocycles. The highest BCUT2D eigenvalue weighted by atomic mass is 32.2. The number of hydrogen-bond acceptors (Lipinski definition) is 4. The van der Waals surface area contributed by atoms with Gasteiger partial charge in [-0.2, -0.15) is 0 Å². The monoisotopic (exact) mass is 317 g/mol. The zero-order valence-corrected chi connectivity index (χ0v) is 14.1. The molecule has 2 atom stereocenters. The quantitative estimate of drug-likeness (QED) is 0.743. The first-order valence-electron chi connectivity index (χ1n) is 8.51. The Hall–Kier alpha value is -0.170. The van der Waals surface area contributed by atoms with Gasteiger partial charge in [0.05, 0.1) is 5.75 Å². The molecule has 2 unspecified atom stereocenters. The summed E-state index contributed by atoms with van der Waals surface area (Å²) in [5.74, 6) is 0.245. The fourth-order valence-electron chi connectivity index (χ4n) is 3.40. The molecule has 0 aliphatic carbocycles. The molecule has 5 nitrogen and oxygen atoms in total. The minimum atomic E-state index is -3.15. The van der Waals surface area contributed by atoms with Crippen LogP contribution in [0.2, 0.25) is 0 Å². The van der Waals surface area contributed by atoms with Crippen molar-refractivity contribution >= 4 is 10.0 Å². The van der Waals surface area contributed by atoms with E-state index in [1.54, 1.807) is 0 Å². The predicted molar refractivity (Wildman–Crippen MR) is 86.9 cm³/mol. The van der Waals surface area contributed by atoms with Crippen molar-refractivity contribution in [2.24, 2.45) is 0 Å². The van der Waals surface area contributed by atoms with Gasteiger partial charge in [-0.3, -0.25) is 0 Å². The molecule has 2 N–H and O–H groups in total. The number of sulfonamides is 1. The van der Waals surface area contributed by atoms with E-state index in [0.29, 0.717) is 6.04 Å². The Morgan fingerprint density at radius 2 is 1.95 bits per heavy atom. The second kappa shape index (κ2) is 8.46. The Kier molecular flexibility index (Phi) is 6.92. The average molecular weight is 317 g/mol. The minimum absolute atomic E-state index is 0.00687. The lowest BCUT2D eigenvalue weighted by molar-refractivity contribution is 0.215. The van der Waals surface area contributed by atoms with Crippen LogP contribution in [0.4, 0.5) is 0 Å². The molecule has 0 saturated carbocycles. The lowest BCUT2D eigenvalue weighted by Crippen LogP contribution is -2.45. The number of rotatable bonds is 7. The molecular formula is C15H31N3O2S. The van der Waals surface area contributed by atoms with Crippen LogP contribution in [0, 0.1) is 0 Å². The molecule has 0 bridgehead atoms. The van der Waals surface area contributed by atoms with Crippen molar-refractivity contribution in [3.8, 4) is 0 Å². The number of hydrogen-bond donors (Lipinski definition) is 2. The highest BCUT2D eigenvalue weighted by Crippen LogP contribution is 2.12. The van der Waals surface area contributed by atoms with Crippen LogP contribution in [0.3, 0.4) is 0 Å². The second-order valence-electron chi connectivity index (χ2n) is 6.63. The van der Waals surface area contributed by atoms with Gasteiger partial charge in [-0.1, -0.05) is 12.8 Å². The highest BCUT2D eigenvalue weighted by molar-refractivity contribution is 7.89. The first kappa shape index (κ1) is 17.2. The maximum atomic E-state index is 12.2. The Morgan fingerprint density at radius 1 is 1.19 bits per heavy atom. The molecule has 2 heterocycles. The second-order valence-corrected chi connectivity index (χ2v) is 8.51. The van der Waals surface area contributed by atoms with E-state index >= 15 is 0 Å². The lowest BCUT2D eigenvalue weighted by Gasteiger charge is -2.29. The van der Waals surface area contributed by atoms with Gasteiger partial charge < -0.3 is 10.2 Å². The van der Waals surface area contributed by atoms with E-state index in [-0.39, 0.29) is 11.8 Å². The Morgan fingerprint density at radius 3 is 2.62 bits per heavy atom. The van der Waals surface area contributed by atoms with Gasteiger partial charge in [0, 0.05) is 18.6 Å². The van der Waals surface area contributed by atoms with E-state index in [4.69, 9.17) is 0 Å². The van der Waals surface area contributed by atoms with Crippen molar-refractivity contribution in [2.45, 2.75) is 64.0 Å². The van der Waals surface area contributed by atoms with Crippen molar-refractivity contribution in [3.05, 3.63) is 0 Å². The molecule has 0 amide bonds. The molecule has 124 valence electrons. The zero-order chi connectivity index (χ0) is 15.1. The lowest BCUT2D eigenvalue weighted by atomic mass is 10.0. The summed E-state index contributed by atoms with van der Waals surface area (Å²) in [5, 5.41) is 3.41. The molecule has 2 fully saturated rings. The number of nitrogens with zero attached hydrogens (tertiary/aromatic N) is 1. The molecule has 0 radical (unpaired) electrons. The summed E-state index contributed by atoms with van der Waals surface area (Å²) in [5.41, 5.74) is 0. The summed E-state index contributed by atoms with van der Waals surface area (Å²) < 4.78 is 27.2. The van der Waals surface area contributed by atoms with E-state index in [2.05, 4.69) is 14.9 Å². The zero-order valence-electron chi connectivity index (χ0n) is 13.3. The molecule has 0 aromatic carbocycles. The van der Waals surface area contributed by atoms with Gasteiger partial charge >= 0.3 is 0 Å². The Balaban J connectivity index is 1.68. The van der Waals surface area contributed by atoms with Crippen LogP contribution in [0.1, 0.15) is 51.9 Å². The van der Waals surface area contributed by atoms with Crippen molar-refractivity contribution < 1.29 is 8.42 Å². The summed E-state index contributed by atoms with van der Waals surface area (Å²) >= 11 is 0. The third kappa shape index (κ3) is 6.63. The predicted octanol–water partition coefficient (Wildman–Crippen LogP) is 1.31. The molecular weight excluding hydrogens is 286 g/mol. The van der Waals surface area contributed by atoms with Crippen molar-refractivity contribution in [1.29, 1.82) is 0 Å². The van der Waals surface area contributed by atoms with E-state index in [1.165, 1.54) is 32.1 Å². The highest BCUT2D eigenvalue weighted by Gasteiger charge is 2.20. The molecule has 2 saturated heterocycles. The number of piperidine rings is 2. The summed E-state index contributed by atoms with van der Waals surface area (Å²) in [6.45, 7) is 6.06. The Labute approximate surface area is 129 Å². The number of nitrogens with one attached hydrogen (secondary N) is 2. The van der Waals surface area contributed by atoms with Gasteiger partial charge in [-0.15, -0.1) is 0 Å². The van der Waals surface area contributed by atoms with Gasteiger partial charge in [-0.05, 0) is 58.7 Å². The fraction of sp³-hybridized carbons (Fsp3) is 1.00. The summed E-state index contributed by atoms with van der Waals surface area (Å²) in [6, 6.07) is 0.389. The van der Waals surface area contributed by atoms with Crippen LogP contribution in [0.15, 0.2) is 0 Å². The van der Waals surface area contributed by atoms with Crippen LogP contribution in [0.25, 0.3) is 0 Å². The molecule has 2 rings (SSSR count). The standard InChI is InChI=1S/C15H31N3O2S/c1-14(13-18-10-5-2-6-11-18)17-21(19,20)12-8-15-7-3-4-9-16-15/h14-17H,2-13H2,1H3. The average Bonchev–Trinajstić information content (AvgIpc) is 2.47. The molecule has 0 aromatic rings. The van der Waals surface area contributed by atoms with Crippen LogP contribution in [-0.4, -0.2) is 57.3 Å². The van der Waals surface area contributed by atoms with Gasteiger partial charge in [0.15, 0.2) is 0 Å². The molecule has 6 heteroatoms. The SMILES string of the molecule is CC(CN1CCCCC1)NS(=O)(=O)CCC1CCCCN1. The third-order valence-electron chi connectivity index (χ3n) is 4.51. The summed E-state index contributed by atoms with van der Waals surface area (Å²) in [6.07, 6.45) is 8.07. The normalized spacial score (nSPS) is 26.6. The molecule has 21 heavy (non-hydrogen) atoms. The first-order chi connectivity index (χ1) is 10.1. The third-order valence-corrected chi connectivity index (χ3v) is 6.04. The largest absolute Gasteiger partial charge is 0.314 e. The summed E-state index contributed by atoms with van der Waals surface area (Å²) in [4.78, 5) is 2.37. The van der Waals surface area contributed by atoms with Gasteiger partial charge in [-0.25, -0.2) is 13.1 Å². The van der Waals surface area contributed by atoms with E-state index < -0.39 is 10.0 Å². The summed E-state index contributed by atoms with van der Waals surface area (Å²) in [7, 11) is -3.15. The fourth-order valence-corrected chi connectivity index (χ4v) is 4.80. The minimum Gasteiger partial charge on any atom is -0.314 e.